The van der Waals surface area contributed by atoms with Gasteiger partial charge in [0.05, 0.1) is 35.6 Å². The molecule has 0 spiro atoms. The van der Waals surface area contributed by atoms with Gasteiger partial charge in [0, 0.05) is 11.8 Å². The van der Waals surface area contributed by atoms with Crippen molar-refractivity contribution >= 4 is 11.8 Å². The number of benzene rings is 1. The highest BCUT2D eigenvalue weighted by Gasteiger charge is 2.55. The third-order valence-electron chi connectivity index (χ3n) is 11.3. The lowest BCUT2D eigenvalue weighted by Gasteiger charge is -2.47. The standard InChI is InChI=1S/C36H58O8/c1-10-25-14-15-27(29(32(25)39)34(40)41)20(5)18-21(6)30(37)23(8)31(38)26(11-2)33-22(7)19-36(13-4,44-33)28-16-17-35(42,12-3)24(9)43-28/h14-15,20-24,26,28,30,33,37,39,42H,10-13,16-19H2,1-9H3,(H,40,41)/t20-,21+,22-,23-,24-,26-,28+,30-,33-,35-,36+/m0/s1. The number of carbonyl (C=O) groups is 2. The van der Waals surface area contributed by atoms with Gasteiger partial charge < -0.3 is 29.9 Å². The van der Waals surface area contributed by atoms with Gasteiger partial charge in [-0.3, -0.25) is 4.79 Å². The lowest BCUT2D eigenvalue weighted by molar-refractivity contribution is -0.229. The molecule has 2 aliphatic rings. The van der Waals surface area contributed by atoms with E-state index in [1.165, 1.54) is 0 Å². The number of carboxylic acid groups (broad SMARTS) is 1. The van der Waals surface area contributed by atoms with Crippen LogP contribution in [0.2, 0.25) is 0 Å². The van der Waals surface area contributed by atoms with Crippen molar-refractivity contribution < 1.29 is 39.5 Å². The van der Waals surface area contributed by atoms with Crippen LogP contribution in [0, 0.1) is 23.7 Å². The summed E-state index contributed by atoms with van der Waals surface area (Å²) < 4.78 is 13.3. The Morgan fingerprint density at radius 1 is 1.07 bits per heavy atom. The lowest BCUT2D eigenvalue weighted by atomic mass is 9.75. The van der Waals surface area contributed by atoms with Crippen LogP contribution in [0.15, 0.2) is 12.1 Å². The monoisotopic (exact) mass is 618 g/mol. The minimum absolute atomic E-state index is 0.0160. The average molecular weight is 619 g/mol. The molecule has 11 atom stereocenters. The van der Waals surface area contributed by atoms with Crippen molar-refractivity contribution in [1.29, 1.82) is 0 Å². The Morgan fingerprint density at radius 3 is 2.25 bits per heavy atom. The summed E-state index contributed by atoms with van der Waals surface area (Å²) in [6.07, 6.45) is 3.44. The minimum atomic E-state index is -1.18. The highest BCUT2D eigenvalue weighted by atomic mass is 16.6. The first-order valence-electron chi connectivity index (χ1n) is 17.0. The SMILES string of the molecule is CCc1ccc([C@@H](C)C[C@@H](C)[C@H](O)[C@H](C)C(=O)[C@H](CC)[C@H]2O[C@@](CC)([C@H]3CC[C@@](O)(CC)[C@H](C)O3)C[C@@H]2C)c(C(=O)O)c1O. The van der Waals surface area contributed by atoms with Gasteiger partial charge in [-0.2, -0.15) is 0 Å². The molecule has 2 heterocycles. The number of aryl methyl sites for hydroxylation is 1. The Kier molecular flexibility index (Phi) is 12.1. The fourth-order valence-electron chi connectivity index (χ4n) is 8.10. The Balaban J connectivity index is 1.73. The summed E-state index contributed by atoms with van der Waals surface area (Å²) in [4.78, 5) is 26.0. The number of ketones is 1. The maximum atomic E-state index is 14.0. The van der Waals surface area contributed by atoms with E-state index in [1.54, 1.807) is 19.1 Å². The molecule has 0 saturated carbocycles. The van der Waals surface area contributed by atoms with Crippen LogP contribution >= 0.6 is 0 Å². The maximum Gasteiger partial charge on any atom is 0.339 e. The number of aliphatic hydroxyl groups excluding tert-OH is 1. The lowest BCUT2D eigenvalue weighted by Crippen LogP contribution is -2.55. The Bertz CT molecular complexity index is 1150. The summed E-state index contributed by atoms with van der Waals surface area (Å²) >= 11 is 0. The summed E-state index contributed by atoms with van der Waals surface area (Å²) in [5.41, 5.74) is -0.329. The number of aromatic hydroxyl groups is 1. The van der Waals surface area contributed by atoms with E-state index >= 15 is 0 Å². The van der Waals surface area contributed by atoms with Gasteiger partial charge in [-0.1, -0.05) is 67.5 Å². The first kappa shape index (κ1) is 36.5. The number of hydrogen-bond donors (Lipinski definition) is 4. The number of hydrogen-bond acceptors (Lipinski definition) is 7. The normalized spacial score (nSPS) is 32.5. The third-order valence-corrected chi connectivity index (χ3v) is 11.3. The number of ether oxygens (including phenoxy) is 2. The van der Waals surface area contributed by atoms with Gasteiger partial charge in [-0.25, -0.2) is 4.79 Å². The van der Waals surface area contributed by atoms with Crippen LogP contribution in [0.5, 0.6) is 5.75 Å². The molecule has 0 amide bonds. The molecular formula is C36H58O8. The molecule has 4 N–H and O–H groups in total. The van der Waals surface area contributed by atoms with Crippen LogP contribution in [-0.4, -0.2) is 67.8 Å². The topological polar surface area (TPSA) is 134 Å². The summed E-state index contributed by atoms with van der Waals surface area (Å²) in [7, 11) is 0. The van der Waals surface area contributed by atoms with Gasteiger partial charge in [-0.05, 0) is 87.2 Å². The van der Waals surface area contributed by atoms with E-state index in [0.717, 1.165) is 12.8 Å². The van der Waals surface area contributed by atoms with Crippen LogP contribution in [0.1, 0.15) is 135 Å². The smallest absolute Gasteiger partial charge is 0.339 e. The number of aromatic carboxylic acids is 1. The zero-order valence-corrected chi connectivity index (χ0v) is 28.4. The van der Waals surface area contributed by atoms with E-state index in [4.69, 9.17) is 9.47 Å². The van der Waals surface area contributed by atoms with Crippen LogP contribution in [0.4, 0.5) is 0 Å². The number of Topliss-reactive ketones (excluding diaryl/α,β-unsaturated/α-hetero) is 1. The molecule has 0 bridgehead atoms. The molecule has 1 aromatic carbocycles. The van der Waals surface area contributed by atoms with Crippen LogP contribution in [0.3, 0.4) is 0 Å². The van der Waals surface area contributed by atoms with Gasteiger partial charge in [-0.15, -0.1) is 0 Å². The maximum absolute atomic E-state index is 14.0. The Morgan fingerprint density at radius 2 is 1.73 bits per heavy atom. The predicted octanol–water partition coefficient (Wildman–Crippen LogP) is 6.66. The van der Waals surface area contributed by atoms with Crippen molar-refractivity contribution in [3.63, 3.8) is 0 Å². The van der Waals surface area contributed by atoms with Crippen molar-refractivity contribution in [3.05, 3.63) is 28.8 Å². The quantitative estimate of drug-likeness (QED) is 0.182. The molecule has 0 aromatic heterocycles. The minimum Gasteiger partial charge on any atom is -0.507 e. The highest BCUT2D eigenvalue weighted by molar-refractivity contribution is 5.93. The molecule has 0 radical (unpaired) electrons. The molecule has 2 fully saturated rings. The number of carboxylic acids is 1. The number of aliphatic hydroxyl groups is 2. The first-order valence-corrected chi connectivity index (χ1v) is 17.0. The van der Waals surface area contributed by atoms with E-state index in [-0.39, 0.29) is 59.1 Å². The van der Waals surface area contributed by atoms with Crippen LogP contribution in [-0.2, 0) is 20.7 Å². The molecular weight excluding hydrogens is 560 g/mol. The molecule has 0 unspecified atom stereocenters. The van der Waals surface area contributed by atoms with Crippen molar-refractivity contribution in [3.8, 4) is 5.75 Å². The molecule has 8 heteroatoms. The number of rotatable bonds is 14. The van der Waals surface area contributed by atoms with Crippen LogP contribution in [0.25, 0.3) is 0 Å². The molecule has 250 valence electrons. The van der Waals surface area contributed by atoms with Crippen molar-refractivity contribution in [2.24, 2.45) is 23.7 Å². The average Bonchev–Trinajstić information content (AvgIpc) is 3.34. The van der Waals surface area contributed by atoms with E-state index in [2.05, 4.69) is 13.8 Å². The first-order chi connectivity index (χ1) is 20.6. The van der Waals surface area contributed by atoms with E-state index in [0.29, 0.717) is 49.7 Å². The van der Waals surface area contributed by atoms with Crippen molar-refractivity contribution in [2.75, 3.05) is 0 Å². The Hall–Kier alpha value is -2.00. The molecule has 3 rings (SSSR count). The fraction of sp³-hybridized carbons (Fsp3) is 0.778. The molecule has 2 aliphatic heterocycles. The molecule has 44 heavy (non-hydrogen) atoms. The number of phenols is 1. The van der Waals surface area contributed by atoms with Crippen LogP contribution < -0.4 is 0 Å². The zero-order valence-electron chi connectivity index (χ0n) is 28.4. The molecule has 8 nitrogen and oxygen atoms in total. The summed E-state index contributed by atoms with van der Waals surface area (Å²) in [5.74, 6) is -2.81. The van der Waals surface area contributed by atoms with E-state index in [9.17, 15) is 30.0 Å². The largest absolute Gasteiger partial charge is 0.507 e. The Labute approximate surface area is 264 Å². The van der Waals surface area contributed by atoms with Crippen molar-refractivity contribution in [2.45, 2.75) is 155 Å². The van der Waals surface area contributed by atoms with Gasteiger partial charge in [0.2, 0.25) is 0 Å². The summed E-state index contributed by atoms with van der Waals surface area (Å²) in [5, 5.41) is 42.8. The predicted molar refractivity (Wildman–Crippen MR) is 171 cm³/mol. The highest BCUT2D eigenvalue weighted by Crippen LogP contribution is 2.48. The van der Waals surface area contributed by atoms with Gasteiger partial charge in [0.25, 0.3) is 0 Å². The zero-order chi connectivity index (χ0) is 33.1. The third kappa shape index (κ3) is 7.03. The second-order valence-electron chi connectivity index (χ2n) is 14.0. The van der Waals surface area contributed by atoms with Crippen molar-refractivity contribution in [1.82, 2.24) is 0 Å². The summed E-state index contributed by atoms with van der Waals surface area (Å²) in [6, 6.07) is 3.51. The van der Waals surface area contributed by atoms with E-state index < -0.39 is 29.2 Å². The fourth-order valence-corrected chi connectivity index (χ4v) is 8.10. The molecule has 1 aromatic rings. The summed E-state index contributed by atoms with van der Waals surface area (Å²) in [6.45, 7) is 17.6. The van der Waals surface area contributed by atoms with Gasteiger partial charge in [0.1, 0.15) is 17.1 Å². The molecule has 0 aliphatic carbocycles. The molecule has 2 saturated heterocycles. The second-order valence-corrected chi connectivity index (χ2v) is 14.0. The number of carbonyl (C=O) groups excluding carboxylic acids is 1. The second kappa shape index (κ2) is 14.6. The van der Waals surface area contributed by atoms with Gasteiger partial charge in [0.15, 0.2) is 0 Å². The van der Waals surface area contributed by atoms with Gasteiger partial charge >= 0.3 is 5.97 Å². The van der Waals surface area contributed by atoms with E-state index in [1.807, 2.05) is 41.5 Å².